The van der Waals surface area contributed by atoms with Gasteiger partial charge in [-0.15, -0.1) is 0 Å². The molecule has 11 aromatic rings. The van der Waals surface area contributed by atoms with E-state index in [0.717, 1.165) is 26.9 Å². The Balaban J connectivity index is 1.11. The molecule has 0 aliphatic carbocycles. The number of rotatable bonds is 4. The smallest absolute Gasteiger partial charge is 0.125 e. The Bertz CT molecular complexity index is 3050. The maximum Gasteiger partial charge on any atom is 0.125 e. The van der Waals surface area contributed by atoms with Crippen LogP contribution in [0.15, 0.2) is 170 Å². The monoisotopic (exact) mass is 656 g/mol. The molecule has 234 valence electrons. The minimum atomic E-state index is 0.994. The van der Waals surface area contributed by atoms with Crippen molar-refractivity contribution in [3.63, 3.8) is 0 Å². The highest BCUT2D eigenvalue weighted by atomic mass is 32.1. The molecular weight excluding hydrogens is 629 g/mol. The summed E-state index contributed by atoms with van der Waals surface area (Å²) in [5.41, 5.74) is 10.6. The SMILES string of the molecule is c1ccc(-n2c3ccccc3c3cc4c5ccccc5n(-c5cnc(-c6cccc(-n7c8ccccc8c8ccccc87)c6)s5)c4cc32)cc1. The molecule has 7 aromatic carbocycles. The third-order valence-corrected chi connectivity index (χ3v) is 11.2. The zero-order valence-electron chi connectivity index (χ0n) is 26.9. The summed E-state index contributed by atoms with van der Waals surface area (Å²) >= 11 is 1.73. The average molecular weight is 657 g/mol. The van der Waals surface area contributed by atoms with Gasteiger partial charge in [-0.1, -0.05) is 114 Å². The van der Waals surface area contributed by atoms with Crippen molar-refractivity contribution in [2.45, 2.75) is 0 Å². The van der Waals surface area contributed by atoms with Crippen LogP contribution in [0, 0.1) is 0 Å². The maximum absolute atomic E-state index is 5.05. The molecule has 0 fully saturated rings. The van der Waals surface area contributed by atoms with Crippen LogP contribution in [0.3, 0.4) is 0 Å². The fraction of sp³-hybridized carbons (Fsp3) is 0. The fourth-order valence-corrected chi connectivity index (χ4v) is 8.95. The fourth-order valence-electron chi connectivity index (χ4n) is 8.00. The Labute approximate surface area is 291 Å². The van der Waals surface area contributed by atoms with Crippen molar-refractivity contribution in [1.29, 1.82) is 0 Å². The predicted octanol–water partition coefficient (Wildman–Crippen LogP) is 12.1. The van der Waals surface area contributed by atoms with E-state index in [9.17, 15) is 0 Å². The van der Waals surface area contributed by atoms with E-state index in [4.69, 9.17) is 4.98 Å². The lowest BCUT2D eigenvalue weighted by molar-refractivity contribution is 1.17. The Morgan fingerprint density at radius 2 is 0.840 bits per heavy atom. The summed E-state index contributed by atoms with van der Waals surface area (Å²) in [6.07, 6.45) is 2.04. The molecule has 4 nitrogen and oxygen atoms in total. The summed E-state index contributed by atoms with van der Waals surface area (Å²) in [6, 6.07) is 59.0. The van der Waals surface area contributed by atoms with Crippen LogP contribution in [0.5, 0.6) is 0 Å². The standard InChI is InChI=1S/C45H28N4S/c1-2-14-30(15-3-1)47-40-23-10-6-19-34(40)36-26-37-35-20-7-11-24-41(35)49(43(37)27-42(36)47)44-28-46-45(50-44)29-13-12-16-31(25-29)48-38-21-8-4-17-32(38)33-18-5-9-22-39(33)48/h1-28H. The molecular formula is C45H28N4S. The Morgan fingerprint density at radius 1 is 0.360 bits per heavy atom. The first kappa shape index (κ1) is 27.5. The molecule has 0 saturated carbocycles. The van der Waals surface area contributed by atoms with Gasteiger partial charge in [0.1, 0.15) is 10.0 Å². The summed E-state index contributed by atoms with van der Waals surface area (Å²) in [6.45, 7) is 0. The van der Waals surface area contributed by atoms with Crippen LogP contribution < -0.4 is 0 Å². The zero-order chi connectivity index (χ0) is 32.8. The minimum Gasteiger partial charge on any atom is -0.309 e. The Hall–Kier alpha value is -6.43. The quantitative estimate of drug-likeness (QED) is 0.185. The van der Waals surface area contributed by atoms with E-state index in [1.54, 1.807) is 11.3 Å². The topological polar surface area (TPSA) is 27.7 Å². The number of hydrogen-bond donors (Lipinski definition) is 0. The van der Waals surface area contributed by atoms with Gasteiger partial charge >= 0.3 is 0 Å². The maximum atomic E-state index is 5.05. The first-order valence-corrected chi connectivity index (χ1v) is 17.7. The number of para-hydroxylation sites is 5. The number of nitrogens with zero attached hydrogens (tertiary/aromatic N) is 4. The van der Waals surface area contributed by atoms with E-state index in [1.165, 1.54) is 65.4 Å². The van der Waals surface area contributed by atoms with Crippen LogP contribution in [0.2, 0.25) is 0 Å². The molecule has 4 aromatic heterocycles. The van der Waals surface area contributed by atoms with E-state index in [0.29, 0.717) is 0 Å². The van der Waals surface area contributed by atoms with Gasteiger partial charge in [0.25, 0.3) is 0 Å². The number of thiazole rings is 1. The summed E-state index contributed by atoms with van der Waals surface area (Å²) in [5.74, 6) is 0. The molecule has 0 amide bonds. The Morgan fingerprint density at radius 3 is 1.46 bits per heavy atom. The van der Waals surface area contributed by atoms with E-state index in [1.807, 2.05) is 6.20 Å². The number of aromatic nitrogens is 4. The van der Waals surface area contributed by atoms with Crippen molar-refractivity contribution in [2.75, 3.05) is 0 Å². The number of hydrogen-bond acceptors (Lipinski definition) is 2. The number of fused-ring (bicyclic) bond motifs is 9. The Kier molecular flexibility index (Phi) is 5.80. The first-order chi connectivity index (χ1) is 24.8. The molecule has 0 unspecified atom stereocenters. The second-order valence-corrected chi connectivity index (χ2v) is 13.9. The van der Waals surface area contributed by atoms with E-state index in [-0.39, 0.29) is 0 Å². The summed E-state index contributed by atoms with van der Waals surface area (Å²) in [4.78, 5) is 5.05. The van der Waals surface area contributed by atoms with Crippen molar-refractivity contribution in [1.82, 2.24) is 18.7 Å². The second kappa shape index (κ2) is 10.5. The van der Waals surface area contributed by atoms with Crippen molar-refractivity contribution in [3.05, 3.63) is 170 Å². The van der Waals surface area contributed by atoms with Crippen LogP contribution in [-0.2, 0) is 0 Å². The van der Waals surface area contributed by atoms with Crippen molar-refractivity contribution < 1.29 is 0 Å². The zero-order valence-corrected chi connectivity index (χ0v) is 27.7. The predicted molar refractivity (Wildman–Crippen MR) is 211 cm³/mol. The molecule has 0 N–H and O–H groups in total. The van der Waals surface area contributed by atoms with Gasteiger partial charge in [0.2, 0.25) is 0 Å². The van der Waals surface area contributed by atoms with Crippen LogP contribution in [-0.4, -0.2) is 18.7 Å². The summed E-state index contributed by atoms with van der Waals surface area (Å²) < 4.78 is 7.16. The molecule has 50 heavy (non-hydrogen) atoms. The van der Waals surface area contributed by atoms with Crippen LogP contribution >= 0.6 is 11.3 Å². The highest BCUT2D eigenvalue weighted by Crippen LogP contribution is 2.41. The van der Waals surface area contributed by atoms with Gasteiger partial charge in [0.05, 0.1) is 39.3 Å². The van der Waals surface area contributed by atoms with E-state index >= 15 is 0 Å². The van der Waals surface area contributed by atoms with Crippen molar-refractivity contribution >= 4 is 76.8 Å². The van der Waals surface area contributed by atoms with Crippen LogP contribution in [0.1, 0.15) is 0 Å². The molecule has 0 bridgehead atoms. The first-order valence-electron chi connectivity index (χ1n) is 16.9. The highest BCUT2D eigenvalue weighted by molar-refractivity contribution is 7.17. The second-order valence-electron chi connectivity index (χ2n) is 12.9. The van der Waals surface area contributed by atoms with Crippen LogP contribution in [0.25, 0.3) is 92.4 Å². The van der Waals surface area contributed by atoms with Gasteiger partial charge in [-0.25, -0.2) is 4.98 Å². The molecule has 0 aliphatic rings. The average Bonchev–Trinajstić information content (AvgIpc) is 3.94. The lowest BCUT2D eigenvalue weighted by atomic mass is 10.1. The van der Waals surface area contributed by atoms with Gasteiger partial charge in [-0.3, -0.25) is 4.57 Å². The lowest BCUT2D eigenvalue weighted by Gasteiger charge is -2.09. The van der Waals surface area contributed by atoms with Crippen molar-refractivity contribution in [2.24, 2.45) is 0 Å². The lowest BCUT2D eigenvalue weighted by Crippen LogP contribution is -1.94. The van der Waals surface area contributed by atoms with Crippen molar-refractivity contribution in [3.8, 4) is 26.9 Å². The largest absolute Gasteiger partial charge is 0.309 e. The summed E-state index contributed by atoms with van der Waals surface area (Å²) in [7, 11) is 0. The third-order valence-electron chi connectivity index (χ3n) is 10.1. The van der Waals surface area contributed by atoms with Gasteiger partial charge in [-0.2, -0.15) is 0 Å². The minimum absolute atomic E-state index is 0.994. The van der Waals surface area contributed by atoms with E-state index < -0.39 is 0 Å². The highest BCUT2D eigenvalue weighted by Gasteiger charge is 2.20. The molecule has 0 aliphatic heterocycles. The van der Waals surface area contributed by atoms with E-state index in [2.05, 4.69) is 177 Å². The van der Waals surface area contributed by atoms with Gasteiger partial charge in [-0.05, 0) is 60.7 Å². The third kappa shape index (κ3) is 3.89. The molecule has 4 heterocycles. The molecule has 11 rings (SSSR count). The van der Waals surface area contributed by atoms with Gasteiger partial charge in [0.15, 0.2) is 0 Å². The molecule has 5 heteroatoms. The van der Waals surface area contributed by atoms with Crippen LogP contribution in [0.4, 0.5) is 0 Å². The van der Waals surface area contributed by atoms with Gasteiger partial charge < -0.3 is 9.13 Å². The molecule has 0 saturated heterocycles. The molecule has 0 spiro atoms. The molecule has 0 radical (unpaired) electrons. The molecule has 0 atom stereocenters. The van der Waals surface area contributed by atoms with Gasteiger partial charge in [0, 0.05) is 49.3 Å². The normalized spacial score (nSPS) is 12.0. The summed E-state index contributed by atoms with van der Waals surface area (Å²) in [5, 5.41) is 9.61. The number of benzene rings is 7.